The third kappa shape index (κ3) is 5.67. The molecule has 1 fully saturated rings. The minimum Gasteiger partial charge on any atom is -0.493 e. The highest BCUT2D eigenvalue weighted by Crippen LogP contribution is 2.35. The van der Waals surface area contributed by atoms with E-state index >= 15 is 0 Å². The van der Waals surface area contributed by atoms with Crippen molar-refractivity contribution in [1.29, 1.82) is 0 Å². The second-order valence-corrected chi connectivity index (χ2v) is 8.93. The maximum atomic E-state index is 12.8. The van der Waals surface area contributed by atoms with Crippen molar-refractivity contribution in [1.82, 2.24) is 4.90 Å². The molecule has 0 unspecified atom stereocenters. The van der Waals surface area contributed by atoms with Crippen LogP contribution in [0.5, 0.6) is 11.5 Å². The van der Waals surface area contributed by atoms with Crippen LogP contribution in [0, 0.1) is 0 Å². The number of ether oxygens (including phenoxy) is 2. The van der Waals surface area contributed by atoms with Gasteiger partial charge in [-0.05, 0) is 65.9 Å². The zero-order valence-corrected chi connectivity index (χ0v) is 20.5. The number of aromatic carboxylic acids is 1. The zero-order valence-electron chi connectivity index (χ0n) is 18.9. The number of carboxylic acid groups (broad SMARTS) is 1. The van der Waals surface area contributed by atoms with Crippen molar-refractivity contribution in [3.63, 3.8) is 0 Å². The minimum absolute atomic E-state index is 0.172. The molecule has 3 aromatic rings. The molecule has 0 atom stereocenters. The Balaban J connectivity index is 1.52. The Kier molecular flexibility index (Phi) is 7.43. The van der Waals surface area contributed by atoms with E-state index in [-0.39, 0.29) is 11.5 Å². The number of halogens is 1. The third-order valence-electron chi connectivity index (χ3n) is 5.17. The Morgan fingerprint density at radius 2 is 1.86 bits per heavy atom. The van der Waals surface area contributed by atoms with Crippen LogP contribution >= 0.6 is 23.4 Å². The van der Waals surface area contributed by atoms with E-state index in [9.17, 15) is 9.59 Å². The van der Waals surface area contributed by atoms with E-state index in [0.717, 1.165) is 11.1 Å². The molecule has 0 bridgehead atoms. The normalized spacial score (nSPS) is 15.6. The molecule has 9 heteroatoms. The summed E-state index contributed by atoms with van der Waals surface area (Å²) in [5.74, 6) is -0.103. The molecule has 0 spiro atoms. The summed E-state index contributed by atoms with van der Waals surface area (Å²) in [6.07, 6.45) is 1.76. The number of methoxy groups -OCH3 is 1. The summed E-state index contributed by atoms with van der Waals surface area (Å²) < 4.78 is 11.4. The van der Waals surface area contributed by atoms with Gasteiger partial charge in [0.1, 0.15) is 6.61 Å². The van der Waals surface area contributed by atoms with E-state index in [1.807, 2.05) is 30.3 Å². The fourth-order valence-electron chi connectivity index (χ4n) is 3.26. The Morgan fingerprint density at radius 3 is 2.54 bits per heavy atom. The quantitative estimate of drug-likeness (QED) is 0.402. The molecule has 4 rings (SSSR count). The maximum absolute atomic E-state index is 12.8. The van der Waals surface area contributed by atoms with Crippen LogP contribution in [0.1, 0.15) is 21.5 Å². The van der Waals surface area contributed by atoms with E-state index in [1.54, 1.807) is 44.5 Å². The van der Waals surface area contributed by atoms with E-state index in [1.165, 1.54) is 28.8 Å². The van der Waals surface area contributed by atoms with Crippen LogP contribution < -0.4 is 9.47 Å². The highest BCUT2D eigenvalue weighted by Gasteiger charge is 2.30. The number of aliphatic imine (C=N–C) groups is 1. The van der Waals surface area contributed by atoms with E-state index in [0.29, 0.717) is 38.9 Å². The lowest BCUT2D eigenvalue weighted by atomic mass is 10.2. The molecule has 35 heavy (non-hydrogen) atoms. The van der Waals surface area contributed by atoms with Gasteiger partial charge in [0.25, 0.3) is 5.91 Å². The Bertz CT molecular complexity index is 1340. The predicted molar refractivity (Wildman–Crippen MR) is 138 cm³/mol. The van der Waals surface area contributed by atoms with Crippen molar-refractivity contribution >= 4 is 52.2 Å². The molecule has 0 aromatic heterocycles. The third-order valence-corrected chi connectivity index (χ3v) is 6.60. The van der Waals surface area contributed by atoms with Gasteiger partial charge in [-0.15, -0.1) is 0 Å². The first-order chi connectivity index (χ1) is 16.9. The molecule has 1 N–H and O–H groups in total. The average molecular weight is 509 g/mol. The summed E-state index contributed by atoms with van der Waals surface area (Å²) in [7, 11) is 3.20. The number of carboxylic acids is 1. The summed E-state index contributed by atoms with van der Waals surface area (Å²) in [5.41, 5.74) is 2.36. The average Bonchev–Trinajstić information content (AvgIpc) is 3.11. The smallest absolute Gasteiger partial charge is 0.335 e. The summed E-state index contributed by atoms with van der Waals surface area (Å²) in [5, 5.41) is 10.2. The number of rotatable bonds is 7. The standard InChI is InChI=1S/C26H21ClN2O5S/c1-29-24(30)23(35-26(29)28-19-10-8-17(9-11-19)25(31)32)14-16-7-12-21(22(13-16)33-2)34-15-18-5-3-4-6-20(18)27/h3-14H,15H2,1-2H3,(H,31,32). The monoisotopic (exact) mass is 508 g/mol. The van der Waals surface area contributed by atoms with Gasteiger partial charge in [0.2, 0.25) is 0 Å². The van der Waals surface area contributed by atoms with Crippen molar-refractivity contribution in [3.8, 4) is 11.5 Å². The van der Waals surface area contributed by atoms with Gasteiger partial charge in [0, 0.05) is 17.6 Å². The second-order valence-electron chi connectivity index (χ2n) is 7.51. The van der Waals surface area contributed by atoms with Gasteiger partial charge in [0.15, 0.2) is 16.7 Å². The number of carbonyl (C=O) groups excluding carboxylic acids is 1. The molecule has 0 aliphatic carbocycles. The van der Waals surface area contributed by atoms with Crippen molar-refractivity contribution in [2.24, 2.45) is 4.99 Å². The van der Waals surface area contributed by atoms with Crippen molar-refractivity contribution in [2.75, 3.05) is 14.2 Å². The van der Waals surface area contributed by atoms with Gasteiger partial charge < -0.3 is 14.6 Å². The fraction of sp³-hybridized carbons (Fsp3) is 0.115. The van der Waals surface area contributed by atoms with Crippen molar-refractivity contribution < 1.29 is 24.2 Å². The largest absolute Gasteiger partial charge is 0.493 e. The molecule has 1 aliphatic rings. The number of hydrogen-bond acceptors (Lipinski definition) is 6. The van der Waals surface area contributed by atoms with E-state index in [4.69, 9.17) is 26.2 Å². The highest BCUT2D eigenvalue weighted by molar-refractivity contribution is 8.18. The highest BCUT2D eigenvalue weighted by atomic mass is 35.5. The molecule has 0 radical (unpaired) electrons. The molecular formula is C26H21ClN2O5S. The first kappa shape index (κ1) is 24.4. The number of carbonyl (C=O) groups is 2. The molecule has 1 aliphatic heterocycles. The molecule has 0 saturated carbocycles. The number of amidine groups is 1. The molecule has 3 aromatic carbocycles. The minimum atomic E-state index is -1.01. The maximum Gasteiger partial charge on any atom is 0.335 e. The van der Waals surface area contributed by atoms with Crippen LogP contribution in [0.15, 0.2) is 76.6 Å². The SMILES string of the molecule is COc1cc(C=C2SC(=Nc3ccc(C(=O)O)cc3)N(C)C2=O)ccc1OCc1ccccc1Cl. The van der Waals surface area contributed by atoms with Crippen LogP contribution in [0.2, 0.25) is 5.02 Å². The van der Waals surface area contributed by atoms with Crippen molar-refractivity contribution in [2.45, 2.75) is 6.61 Å². The lowest BCUT2D eigenvalue weighted by Gasteiger charge is -2.12. The van der Waals surface area contributed by atoms with Crippen molar-refractivity contribution in [3.05, 3.63) is 93.3 Å². The summed E-state index contributed by atoms with van der Waals surface area (Å²) in [4.78, 5) is 30.2. The van der Waals surface area contributed by atoms with Crippen LogP contribution in [-0.4, -0.2) is 41.2 Å². The number of thioether (sulfide) groups is 1. The van der Waals surface area contributed by atoms with Crippen LogP contribution in [-0.2, 0) is 11.4 Å². The first-order valence-corrected chi connectivity index (χ1v) is 11.7. The van der Waals surface area contributed by atoms with E-state index in [2.05, 4.69) is 4.99 Å². The topological polar surface area (TPSA) is 88.4 Å². The number of hydrogen-bond donors (Lipinski definition) is 1. The Morgan fingerprint density at radius 1 is 1.11 bits per heavy atom. The van der Waals surface area contributed by atoms with Crippen LogP contribution in [0.4, 0.5) is 5.69 Å². The van der Waals surface area contributed by atoms with Crippen LogP contribution in [0.3, 0.4) is 0 Å². The lowest BCUT2D eigenvalue weighted by Crippen LogP contribution is -2.23. The van der Waals surface area contributed by atoms with Gasteiger partial charge in [0.05, 0.1) is 23.3 Å². The second kappa shape index (κ2) is 10.7. The number of benzene rings is 3. The van der Waals surface area contributed by atoms with Gasteiger partial charge >= 0.3 is 5.97 Å². The molecule has 1 saturated heterocycles. The molecular weight excluding hydrogens is 488 g/mol. The van der Waals surface area contributed by atoms with Crippen LogP contribution in [0.25, 0.3) is 6.08 Å². The number of likely N-dealkylation sites (N-methyl/N-ethyl adjacent to an activating group) is 1. The molecule has 1 amide bonds. The molecule has 1 heterocycles. The van der Waals surface area contributed by atoms with Gasteiger partial charge in [-0.1, -0.05) is 35.9 Å². The first-order valence-electron chi connectivity index (χ1n) is 10.5. The van der Waals surface area contributed by atoms with E-state index < -0.39 is 5.97 Å². The van der Waals surface area contributed by atoms with Gasteiger partial charge in [-0.25, -0.2) is 9.79 Å². The summed E-state index contributed by atoms with van der Waals surface area (Å²) in [6, 6.07) is 19.0. The van der Waals surface area contributed by atoms with Gasteiger partial charge in [-0.3, -0.25) is 9.69 Å². The molecule has 7 nitrogen and oxygen atoms in total. The Labute approximate surface area is 211 Å². The zero-order chi connectivity index (χ0) is 24.9. The number of amides is 1. The lowest BCUT2D eigenvalue weighted by molar-refractivity contribution is -0.121. The molecule has 178 valence electrons. The summed E-state index contributed by atoms with van der Waals surface area (Å²) >= 11 is 7.44. The van der Waals surface area contributed by atoms with Gasteiger partial charge in [-0.2, -0.15) is 0 Å². The predicted octanol–water partition coefficient (Wildman–Crippen LogP) is 5.86. The fourth-order valence-corrected chi connectivity index (χ4v) is 4.43. The summed E-state index contributed by atoms with van der Waals surface area (Å²) in [6.45, 7) is 0.295. The number of nitrogens with zero attached hydrogens (tertiary/aromatic N) is 2. The Hall–Kier alpha value is -3.75.